The topological polar surface area (TPSA) is 88.3 Å². The van der Waals surface area contributed by atoms with Gasteiger partial charge in [-0.15, -0.1) is 5.10 Å². The summed E-state index contributed by atoms with van der Waals surface area (Å²) in [7, 11) is -0.267. The second-order valence-corrected chi connectivity index (χ2v) is 8.04. The molecule has 0 aliphatic rings. The number of nitrogens with one attached hydrogen (secondary N) is 1. The summed E-state index contributed by atoms with van der Waals surface area (Å²) in [6.07, 6.45) is 0. The number of benzene rings is 2. The minimum Gasteiger partial charge on any atom is -0.403 e. The normalized spacial score (nSPS) is 11.4. The largest absolute Gasteiger partial charge is 0.403 e. The second-order valence-electron chi connectivity index (χ2n) is 5.54. The van der Waals surface area contributed by atoms with E-state index in [9.17, 15) is 8.42 Å². The zero-order chi connectivity index (χ0) is 18.9. The van der Waals surface area contributed by atoms with Gasteiger partial charge in [-0.05, 0) is 42.5 Å². The zero-order valence-corrected chi connectivity index (χ0v) is 16.1. The molecule has 1 heterocycles. The Hall–Kier alpha value is -2.29. The third-order valence-corrected chi connectivity index (χ3v) is 5.46. The first-order valence-electron chi connectivity index (χ1n) is 7.35. The van der Waals surface area contributed by atoms with Crippen molar-refractivity contribution in [1.82, 2.24) is 10.2 Å². The van der Waals surface area contributed by atoms with Gasteiger partial charge in [0.25, 0.3) is 10.0 Å². The Balaban J connectivity index is 1.82. The molecule has 1 aromatic heterocycles. The predicted octanol–water partition coefficient (Wildman–Crippen LogP) is 3.91. The molecular formula is C16H14Cl2N4O3S. The van der Waals surface area contributed by atoms with Crippen LogP contribution in [0.15, 0.2) is 51.8 Å². The van der Waals surface area contributed by atoms with Crippen LogP contribution in [0.2, 0.25) is 10.0 Å². The van der Waals surface area contributed by atoms with Gasteiger partial charge in [0.1, 0.15) is 4.90 Å². The highest BCUT2D eigenvalue weighted by Gasteiger charge is 2.18. The van der Waals surface area contributed by atoms with Gasteiger partial charge in [-0.3, -0.25) is 4.72 Å². The fourth-order valence-corrected chi connectivity index (χ4v) is 3.93. The fraction of sp³-hybridized carbons (Fsp3) is 0.125. The Bertz CT molecular complexity index is 1030. The minimum absolute atomic E-state index is 0.0451. The van der Waals surface area contributed by atoms with E-state index in [0.717, 1.165) is 0 Å². The first-order chi connectivity index (χ1) is 12.3. The summed E-state index contributed by atoms with van der Waals surface area (Å²) in [4.78, 5) is 1.63. The van der Waals surface area contributed by atoms with E-state index in [0.29, 0.717) is 28.2 Å². The van der Waals surface area contributed by atoms with Gasteiger partial charge in [0.15, 0.2) is 0 Å². The molecule has 136 valence electrons. The molecule has 7 nitrogen and oxygen atoms in total. The highest BCUT2D eigenvalue weighted by Crippen LogP contribution is 2.28. The summed E-state index contributed by atoms with van der Waals surface area (Å²) < 4.78 is 32.9. The quantitative estimate of drug-likeness (QED) is 0.683. The van der Waals surface area contributed by atoms with Crippen LogP contribution in [-0.4, -0.2) is 32.7 Å². The van der Waals surface area contributed by atoms with Gasteiger partial charge in [0.05, 0.1) is 5.02 Å². The van der Waals surface area contributed by atoms with E-state index < -0.39 is 10.0 Å². The van der Waals surface area contributed by atoms with Crippen LogP contribution in [0.4, 0.5) is 11.7 Å². The van der Waals surface area contributed by atoms with Gasteiger partial charge in [-0.25, -0.2) is 8.42 Å². The SMILES string of the molecule is CN(C)c1nnc(-c2ccc(NS(=O)(=O)c3ccc(Cl)cc3Cl)cc2)o1. The summed E-state index contributed by atoms with van der Waals surface area (Å²) in [5, 5.41) is 8.26. The van der Waals surface area contributed by atoms with Gasteiger partial charge in [0, 0.05) is 30.4 Å². The van der Waals surface area contributed by atoms with Crippen LogP contribution in [0.5, 0.6) is 0 Å². The van der Waals surface area contributed by atoms with Crippen molar-refractivity contribution < 1.29 is 12.8 Å². The summed E-state index contributed by atoms with van der Waals surface area (Å²) in [5.41, 5.74) is 1.03. The minimum atomic E-state index is -3.84. The van der Waals surface area contributed by atoms with Crippen molar-refractivity contribution in [1.29, 1.82) is 0 Å². The highest BCUT2D eigenvalue weighted by molar-refractivity contribution is 7.92. The van der Waals surface area contributed by atoms with Crippen molar-refractivity contribution in [3.63, 3.8) is 0 Å². The molecule has 0 aliphatic heterocycles. The lowest BCUT2D eigenvalue weighted by Gasteiger charge is -2.10. The monoisotopic (exact) mass is 412 g/mol. The Morgan fingerprint density at radius 1 is 1.04 bits per heavy atom. The Morgan fingerprint density at radius 3 is 2.31 bits per heavy atom. The molecule has 10 heteroatoms. The number of hydrogen-bond donors (Lipinski definition) is 1. The van der Waals surface area contributed by atoms with Crippen molar-refractivity contribution in [2.75, 3.05) is 23.7 Å². The Kier molecular flexibility index (Phi) is 5.08. The predicted molar refractivity (Wildman–Crippen MR) is 101 cm³/mol. The van der Waals surface area contributed by atoms with Gasteiger partial charge >= 0.3 is 6.01 Å². The maximum atomic E-state index is 12.5. The number of nitrogens with zero attached hydrogens (tertiary/aromatic N) is 3. The molecule has 0 bridgehead atoms. The van der Waals surface area contributed by atoms with Gasteiger partial charge in [-0.1, -0.05) is 28.3 Å². The van der Waals surface area contributed by atoms with Crippen molar-refractivity contribution in [2.45, 2.75) is 4.90 Å². The molecule has 26 heavy (non-hydrogen) atoms. The van der Waals surface area contributed by atoms with E-state index in [1.165, 1.54) is 18.2 Å². The van der Waals surface area contributed by atoms with Crippen molar-refractivity contribution in [3.8, 4) is 11.5 Å². The average Bonchev–Trinajstić information content (AvgIpc) is 3.05. The molecule has 0 unspecified atom stereocenters. The molecule has 3 rings (SSSR count). The first-order valence-corrected chi connectivity index (χ1v) is 9.59. The third-order valence-electron chi connectivity index (χ3n) is 3.36. The van der Waals surface area contributed by atoms with Crippen LogP contribution >= 0.6 is 23.2 Å². The van der Waals surface area contributed by atoms with Crippen molar-refractivity contribution >= 4 is 44.9 Å². The van der Waals surface area contributed by atoms with Crippen LogP contribution in [0.3, 0.4) is 0 Å². The molecule has 0 atom stereocenters. The van der Waals surface area contributed by atoms with Gasteiger partial charge in [-0.2, -0.15) is 0 Å². The molecule has 1 N–H and O–H groups in total. The summed E-state index contributed by atoms with van der Waals surface area (Å²) in [6.45, 7) is 0. The third kappa shape index (κ3) is 3.92. The van der Waals surface area contributed by atoms with Crippen LogP contribution in [-0.2, 0) is 10.0 Å². The van der Waals surface area contributed by atoms with Crippen LogP contribution < -0.4 is 9.62 Å². The molecule has 0 fully saturated rings. The second kappa shape index (κ2) is 7.14. The lowest BCUT2D eigenvalue weighted by Crippen LogP contribution is -2.13. The lowest BCUT2D eigenvalue weighted by molar-refractivity contribution is 0.566. The molecule has 3 aromatic rings. The van der Waals surface area contributed by atoms with Gasteiger partial charge < -0.3 is 9.32 Å². The standard InChI is InChI=1S/C16H14Cl2N4O3S/c1-22(2)16-20-19-15(25-16)10-3-6-12(7-4-10)21-26(23,24)14-8-5-11(17)9-13(14)18/h3-9,21H,1-2H3. The molecule has 2 aromatic carbocycles. The number of halogens is 2. The van der Waals surface area contributed by atoms with Crippen LogP contribution in [0, 0.1) is 0 Å². The summed E-state index contributed by atoms with van der Waals surface area (Å²) in [6, 6.07) is 11.1. The smallest absolute Gasteiger partial charge is 0.317 e. The van der Waals surface area contributed by atoms with E-state index in [-0.39, 0.29) is 9.92 Å². The van der Waals surface area contributed by atoms with E-state index in [2.05, 4.69) is 14.9 Å². The van der Waals surface area contributed by atoms with Crippen molar-refractivity contribution in [3.05, 3.63) is 52.5 Å². The van der Waals surface area contributed by atoms with Crippen molar-refractivity contribution in [2.24, 2.45) is 0 Å². The molecule has 0 amide bonds. The van der Waals surface area contributed by atoms with E-state index in [1.807, 2.05) is 0 Å². The molecule has 0 radical (unpaired) electrons. The molecular weight excluding hydrogens is 399 g/mol. The van der Waals surface area contributed by atoms with E-state index in [1.54, 1.807) is 43.3 Å². The van der Waals surface area contributed by atoms with E-state index >= 15 is 0 Å². The van der Waals surface area contributed by atoms with Crippen LogP contribution in [0.1, 0.15) is 0 Å². The number of aromatic nitrogens is 2. The number of hydrogen-bond acceptors (Lipinski definition) is 6. The highest BCUT2D eigenvalue weighted by atomic mass is 35.5. The average molecular weight is 413 g/mol. The number of sulfonamides is 1. The molecule has 0 spiro atoms. The lowest BCUT2D eigenvalue weighted by atomic mass is 10.2. The van der Waals surface area contributed by atoms with Gasteiger partial charge in [0.2, 0.25) is 5.89 Å². The maximum absolute atomic E-state index is 12.5. The Morgan fingerprint density at radius 2 is 1.73 bits per heavy atom. The summed E-state index contributed by atoms with van der Waals surface area (Å²) in [5.74, 6) is 0.337. The zero-order valence-electron chi connectivity index (χ0n) is 13.8. The maximum Gasteiger partial charge on any atom is 0.317 e. The molecule has 0 saturated carbocycles. The first kappa shape index (κ1) is 18.5. The number of anilines is 2. The fourth-order valence-electron chi connectivity index (χ4n) is 2.10. The van der Waals surface area contributed by atoms with E-state index in [4.69, 9.17) is 27.6 Å². The van der Waals surface area contributed by atoms with Crippen LogP contribution in [0.25, 0.3) is 11.5 Å². The molecule has 0 aliphatic carbocycles. The number of rotatable bonds is 5. The molecule has 0 saturated heterocycles. The summed E-state index contributed by atoms with van der Waals surface area (Å²) >= 11 is 11.8. The Labute approximate surface area is 160 Å².